The lowest BCUT2D eigenvalue weighted by Gasteiger charge is -2.16. The number of methoxy groups -OCH3 is 1. The van der Waals surface area contributed by atoms with Crippen molar-refractivity contribution in [2.24, 2.45) is 0 Å². The largest absolute Gasteiger partial charge is 0.483 e. The first-order valence-electron chi connectivity index (χ1n) is 13.3. The van der Waals surface area contributed by atoms with Crippen LogP contribution in [0.3, 0.4) is 0 Å². The molecule has 0 aliphatic heterocycles. The fraction of sp³-hybridized carbons (Fsp3) is 0.448. The Labute approximate surface area is 238 Å². The van der Waals surface area contributed by atoms with Crippen molar-refractivity contribution in [3.63, 3.8) is 0 Å². The Bertz CT molecular complexity index is 1310. The fourth-order valence-corrected chi connectivity index (χ4v) is 6.69. The van der Waals surface area contributed by atoms with Crippen LogP contribution >= 0.6 is 23.1 Å². The number of nitrogens with one attached hydrogen (secondary N) is 1. The third-order valence-corrected chi connectivity index (χ3v) is 8.85. The van der Waals surface area contributed by atoms with Crippen LogP contribution in [0.2, 0.25) is 0 Å². The molecule has 10 heteroatoms. The maximum absolute atomic E-state index is 13.0. The second-order valence-electron chi connectivity index (χ2n) is 9.82. The molecule has 4 rings (SSSR count). The van der Waals surface area contributed by atoms with Gasteiger partial charge in [0, 0.05) is 11.4 Å². The molecule has 208 valence electrons. The van der Waals surface area contributed by atoms with Crippen molar-refractivity contribution in [3.8, 4) is 5.75 Å². The number of hydrogen-bond acceptors (Lipinski definition) is 8. The number of fused-ring (bicyclic) bond motifs is 1. The average Bonchev–Trinajstić information content (AvgIpc) is 3.39. The van der Waals surface area contributed by atoms with Gasteiger partial charge in [0.25, 0.3) is 0 Å². The number of allylic oxidation sites excluding steroid dienone is 1. The predicted molar refractivity (Wildman–Crippen MR) is 156 cm³/mol. The number of nitrogens with zero attached hydrogens (tertiary/aromatic N) is 3. The smallest absolute Gasteiger partial charge is 0.341 e. The molecule has 0 bridgehead atoms. The molecular formula is C29H36N4O4S2. The number of carbonyl (C=O) groups excluding carboxylic acids is 2. The molecule has 0 fully saturated rings. The van der Waals surface area contributed by atoms with E-state index in [9.17, 15) is 9.59 Å². The Morgan fingerprint density at radius 3 is 2.59 bits per heavy atom. The van der Waals surface area contributed by atoms with Crippen LogP contribution in [0.4, 0.5) is 5.00 Å². The van der Waals surface area contributed by atoms with Crippen LogP contribution in [-0.4, -0.2) is 39.5 Å². The van der Waals surface area contributed by atoms with Crippen molar-refractivity contribution in [1.29, 1.82) is 0 Å². The van der Waals surface area contributed by atoms with Gasteiger partial charge in [-0.2, -0.15) is 0 Å². The minimum Gasteiger partial charge on any atom is -0.483 e. The highest BCUT2D eigenvalue weighted by atomic mass is 32.2. The molecule has 1 N–H and O–H groups in total. The quantitative estimate of drug-likeness (QED) is 0.121. The minimum atomic E-state index is -0.402. The van der Waals surface area contributed by atoms with Gasteiger partial charge < -0.3 is 14.8 Å². The monoisotopic (exact) mass is 568 g/mol. The van der Waals surface area contributed by atoms with Gasteiger partial charge in [-0.1, -0.05) is 50.2 Å². The molecule has 1 aliphatic carbocycles. The van der Waals surface area contributed by atoms with E-state index < -0.39 is 5.97 Å². The number of carbonyl (C=O) groups is 2. The van der Waals surface area contributed by atoms with Crippen molar-refractivity contribution in [2.75, 3.05) is 18.2 Å². The summed E-state index contributed by atoms with van der Waals surface area (Å²) in [5.41, 5.74) is 2.77. The molecule has 1 amide bonds. The number of esters is 1. The molecule has 1 unspecified atom stereocenters. The van der Waals surface area contributed by atoms with Crippen LogP contribution in [0.5, 0.6) is 5.75 Å². The molecule has 2 aromatic heterocycles. The maximum atomic E-state index is 13.0. The second-order valence-corrected chi connectivity index (χ2v) is 11.9. The summed E-state index contributed by atoms with van der Waals surface area (Å²) in [5.74, 6) is 1.35. The van der Waals surface area contributed by atoms with Crippen LogP contribution < -0.4 is 10.1 Å². The highest BCUT2D eigenvalue weighted by Crippen LogP contribution is 2.38. The highest BCUT2D eigenvalue weighted by Gasteiger charge is 2.27. The number of ether oxygens (including phenoxy) is 2. The van der Waals surface area contributed by atoms with E-state index in [0.29, 0.717) is 34.0 Å². The Hall–Kier alpha value is -3.11. The first-order valence-corrected chi connectivity index (χ1v) is 15.1. The van der Waals surface area contributed by atoms with Crippen LogP contribution in [0.1, 0.15) is 84.2 Å². The summed E-state index contributed by atoms with van der Waals surface area (Å²) < 4.78 is 13.1. The first-order chi connectivity index (χ1) is 18.8. The molecule has 1 atom stereocenters. The van der Waals surface area contributed by atoms with E-state index in [2.05, 4.69) is 48.1 Å². The summed E-state index contributed by atoms with van der Waals surface area (Å²) in [6.45, 7) is 10.6. The number of rotatable bonds is 11. The van der Waals surface area contributed by atoms with Gasteiger partial charge in [0.05, 0.1) is 18.4 Å². The lowest BCUT2D eigenvalue weighted by Crippen LogP contribution is -2.17. The predicted octanol–water partition coefficient (Wildman–Crippen LogP) is 6.58. The number of thiophene rings is 1. The zero-order valence-electron chi connectivity index (χ0n) is 23.0. The first kappa shape index (κ1) is 28.9. The number of aryl methyl sites for hydroxylation is 1. The zero-order chi connectivity index (χ0) is 27.9. The van der Waals surface area contributed by atoms with E-state index in [4.69, 9.17) is 9.47 Å². The third-order valence-electron chi connectivity index (χ3n) is 6.68. The molecule has 1 aromatic carbocycles. The van der Waals surface area contributed by atoms with Gasteiger partial charge in [0.15, 0.2) is 17.1 Å². The number of benzene rings is 1. The molecule has 0 saturated heterocycles. The maximum Gasteiger partial charge on any atom is 0.341 e. The summed E-state index contributed by atoms with van der Waals surface area (Å²) in [4.78, 5) is 26.7. The molecular weight excluding hydrogens is 532 g/mol. The molecule has 8 nitrogen and oxygen atoms in total. The van der Waals surface area contributed by atoms with Gasteiger partial charge in [0.2, 0.25) is 5.91 Å². The van der Waals surface area contributed by atoms with Gasteiger partial charge in [-0.05, 0) is 61.8 Å². The molecule has 39 heavy (non-hydrogen) atoms. The summed E-state index contributed by atoms with van der Waals surface area (Å²) in [6.07, 6.45) is 6.42. The third kappa shape index (κ3) is 6.91. The lowest BCUT2D eigenvalue weighted by molar-refractivity contribution is -0.113. The van der Waals surface area contributed by atoms with Crippen molar-refractivity contribution in [2.45, 2.75) is 76.6 Å². The van der Waals surface area contributed by atoms with Crippen LogP contribution in [0, 0.1) is 0 Å². The molecule has 0 radical (unpaired) electrons. The lowest BCUT2D eigenvalue weighted by atomic mass is 10.0. The van der Waals surface area contributed by atoms with Crippen molar-refractivity contribution < 1.29 is 19.1 Å². The van der Waals surface area contributed by atoms with Crippen molar-refractivity contribution in [3.05, 3.63) is 64.3 Å². The Morgan fingerprint density at radius 1 is 1.15 bits per heavy atom. The van der Waals surface area contributed by atoms with Crippen molar-refractivity contribution in [1.82, 2.24) is 14.8 Å². The van der Waals surface area contributed by atoms with Crippen LogP contribution in [0.15, 0.2) is 42.1 Å². The summed E-state index contributed by atoms with van der Waals surface area (Å²) >= 11 is 2.77. The van der Waals surface area contributed by atoms with E-state index in [0.717, 1.165) is 43.4 Å². The molecule has 1 aliphatic rings. The fourth-order valence-electron chi connectivity index (χ4n) is 4.64. The standard InChI is InChI=1S/C29H36N4O4S2/c1-6-16-33-26(19(4)37-21-14-12-20(13-15-21)18(2)3)31-32-29(33)38-17-24(34)30-27-25(28(35)36-5)22-10-8-7-9-11-23(22)39-27/h6,12-15,18-19H,1,7-11,16-17H2,2-5H3,(H,30,34). The SMILES string of the molecule is C=CCn1c(SCC(=O)Nc2sc3c(c2C(=O)OC)CCCCC3)nnc1C(C)Oc1ccc(C(C)C)cc1. The van der Waals surface area contributed by atoms with Gasteiger partial charge in [-0.25, -0.2) is 4.79 Å². The van der Waals surface area contributed by atoms with Gasteiger partial charge in [-0.3, -0.25) is 9.36 Å². The van der Waals surface area contributed by atoms with E-state index >= 15 is 0 Å². The van der Waals surface area contributed by atoms with Crippen molar-refractivity contribution >= 4 is 40.0 Å². The normalized spacial score (nSPS) is 13.9. The molecule has 2 heterocycles. The molecule has 0 saturated carbocycles. The Morgan fingerprint density at radius 2 is 1.90 bits per heavy atom. The topological polar surface area (TPSA) is 95.3 Å². The van der Waals surface area contributed by atoms with E-state index in [1.54, 1.807) is 6.08 Å². The second kappa shape index (κ2) is 13.3. The minimum absolute atomic E-state index is 0.115. The Balaban J connectivity index is 1.44. The van der Waals surface area contributed by atoms with Gasteiger partial charge in [-0.15, -0.1) is 28.1 Å². The van der Waals surface area contributed by atoms with E-state index in [1.165, 1.54) is 40.6 Å². The van der Waals surface area contributed by atoms with E-state index in [1.807, 2.05) is 23.6 Å². The zero-order valence-corrected chi connectivity index (χ0v) is 24.6. The summed E-state index contributed by atoms with van der Waals surface area (Å²) in [6, 6.07) is 8.07. The molecule has 0 spiro atoms. The summed E-state index contributed by atoms with van der Waals surface area (Å²) in [5, 5.41) is 12.8. The number of aromatic nitrogens is 3. The number of amides is 1. The van der Waals surface area contributed by atoms with Crippen LogP contribution in [0.25, 0.3) is 0 Å². The number of anilines is 1. The van der Waals surface area contributed by atoms with Gasteiger partial charge >= 0.3 is 5.97 Å². The molecule has 3 aromatic rings. The number of hydrogen-bond donors (Lipinski definition) is 1. The Kier molecular flexibility index (Phi) is 9.85. The van der Waals surface area contributed by atoms with E-state index in [-0.39, 0.29) is 17.8 Å². The highest BCUT2D eigenvalue weighted by molar-refractivity contribution is 7.99. The van der Waals surface area contributed by atoms with Gasteiger partial charge in [0.1, 0.15) is 10.8 Å². The number of thioether (sulfide) groups is 1. The average molecular weight is 569 g/mol. The van der Waals surface area contributed by atoms with Crippen LogP contribution in [-0.2, 0) is 28.9 Å². The summed E-state index contributed by atoms with van der Waals surface area (Å²) in [7, 11) is 1.37.